The largest absolute Gasteiger partial charge is 0.416 e. The van der Waals surface area contributed by atoms with Gasteiger partial charge in [0.05, 0.1) is 18.7 Å². The zero-order chi connectivity index (χ0) is 22.5. The third-order valence-corrected chi connectivity index (χ3v) is 5.27. The number of rotatable bonds is 6. The first-order chi connectivity index (χ1) is 14.0. The van der Waals surface area contributed by atoms with Gasteiger partial charge in [0, 0.05) is 39.3 Å². The van der Waals surface area contributed by atoms with Gasteiger partial charge >= 0.3 is 6.18 Å². The van der Waals surface area contributed by atoms with Gasteiger partial charge in [-0.1, -0.05) is 19.1 Å². The number of hydrogen-bond donors (Lipinski definition) is 2. The Bertz CT molecular complexity index is 748. The molecule has 1 aliphatic rings. The molecule has 1 aromatic rings. The number of halogens is 3. The number of aliphatic imine (C=N–C) groups is 1. The lowest BCUT2D eigenvalue weighted by Crippen LogP contribution is -2.49. The van der Waals surface area contributed by atoms with Crippen molar-refractivity contribution >= 4 is 11.9 Å². The zero-order valence-electron chi connectivity index (χ0n) is 18.3. The number of nitrogens with zero attached hydrogens (tertiary/aromatic N) is 3. The number of alkyl halides is 3. The molecule has 30 heavy (non-hydrogen) atoms. The average molecular weight is 428 g/mol. The van der Waals surface area contributed by atoms with Crippen molar-refractivity contribution < 1.29 is 18.0 Å². The first-order valence-corrected chi connectivity index (χ1v) is 10.1. The van der Waals surface area contributed by atoms with E-state index in [0.29, 0.717) is 23.5 Å². The van der Waals surface area contributed by atoms with Crippen molar-refractivity contribution in [3.05, 3.63) is 35.4 Å². The maximum atomic E-state index is 13.0. The molecular formula is C21H32F3N5O. The van der Waals surface area contributed by atoms with Crippen molar-refractivity contribution in [1.82, 2.24) is 20.4 Å². The quantitative estimate of drug-likeness (QED) is 0.541. The van der Waals surface area contributed by atoms with Crippen molar-refractivity contribution in [1.29, 1.82) is 0 Å². The molecular weight excluding hydrogens is 395 g/mol. The summed E-state index contributed by atoms with van der Waals surface area (Å²) in [7, 11) is 3.33. The third kappa shape index (κ3) is 6.90. The number of carbonyl (C=O) groups is 1. The van der Waals surface area contributed by atoms with Crippen LogP contribution in [0.15, 0.2) is 29.3 Å². The van der Waals surface area contributed by atoms with Crippen LogP contribution in [0.4, 0.5) is 13.2 Å². The summed E-state index contributed by atoms with van der Waals surface area (Å²) < 4.78 is 38.9. The number of carbonyl (C=O) groups excluding carboxylic acids is 1. The van der Waals surface area contributed by atoms with Gasteiger partial charge < -0.3 is 15.5 Å². The smallest absolute Gasteiger partial charge is 0.352 e. The van der Waals surface area contributed by atoms with E-state index in [-0.39, 0.29) is 25.0 Å². The summed E-state index contributed by atoms with van der Waals surface area (Å²) in [5, 5.41) is 6.38. The predicted molar refractivity (Wildman–Crippen MR) is 112 cm³/mol. The molecule has 1 aromatic carbocycles. The molecule has 2 atom stereocenters. The van der Waals surface area contributed by atoms with E-state index in [1.165, 1.54) is 11.0 Å². The minimum Gasteiger partial charge on any atom is -0.352 e. The monoisotopic (exact) mass is 427 g/mol. The molecule has 0 saturated carbocycles. The van der Waals surface area contributed by atoms with Crippen molar-refractivity contribution in [2.24, 2.45) is 10.9 Å². The fraction of sp³-hybridized carbons (Fsp3) is 0.619. The first-order valence-electron chi connectivity index (χ1n) is 10.1. The summed E-state index contributed by atoms with van der Waals surface area (Å²) in [4.78, 5) is 20.2. The molecule has 1 aliphatic heterocycles. The molecule has 1 heterocycles. The highest BCUT2D eigenvalue weighted by Gasteiger charge is 2.32. The highest BCUT2D eigenvalue weighted by molar-refractivity contribution is 5.86. The van der Waals surface area contributed by atoms with Gasteiger partial charge in [0.2, 0.25) is 5.91 Å². The van der Waals surface area contributed by atoms with E-state index in [0.717, 1.165) is 25.2 Å². The van der Waals surface area contributed by atoms with Crippen LogP contribution in [0.3, 0.4) is 0 Å². The van der Waals surface area contributed by atoms with Gasteiger partial charge in [-0.05, 0) is 37.5 Å². The van der Waals surface area contributed by atoms with Crippen LogP contribution >= 0.6 is 0 Å². The van der Waals surface area contributed by atoms with Crippen molar-refractivity contribution in [2.45, 2.75) is 45.6 Å². The van der Waals surface area contributed by atoms with Gasteiger partial charge in [-0.3, -0.25) is 9.69 Å². The Morgan fingerprint density at radius 2 is 2.00 bits per heavy atom. The number of guanidine groups is 1. The molecule has 9 heteroatoms. The minimum absolute atomic E-state index is 0.0520. The van der Waals surface area contributed by atoms with E-state index in [1.54, 1.807) is 20.2 Å². The van der Waals surface area contributed by atoms with Crippen LogP contribution in [0.5, 0.6) is 0 Å². The maximum absolute atomic E-state index is 13.0. The Kier molecular flexibility index (Phi) is 8.11. The number of benzene rings is 1. The second-order valence-corrected chi connectivity index (χ2v) is 8.28. The Labute approximate surface area is 176 Å². The molecule has 1 fully saturated rings. The lowest BCUT2D eigenvalue weighted by Gasteiger charge is -2.22. The minimum atomic E-state index is -4.39. The molecule has 2 rings (SSSR count). The topological polar surface area (TPSA) is 60.0 Å². The van der Waals surface area contributed by atoms with E-state index >= 15 is 0 Å². The molecule has 168 valence electrons. The molecule has 0 aromatic heterocycles. The van der Waals surface area contributed by atoms with Crippen molar-refractivity contribution in [3.8, 4) is 0 Å². The first kappa shape index (κ1) is 24.0. The van der Waals surface area contributed by atoms with Crippen LogP contribution < -0.4 is 10.6 Å². The third-order valence-electron chi connectivity index (χ3n) is 5.27. The Balaban J connectivity index is 2.13. The molecule has 2 N–H and O–H groups in total. The average Bonchev–Trinajstić information content (AvgIpc) is 3.03. The van der Waals surface area contributed by atoms with Gasteiger partial charge in [0.1, 0.15) is 0 Å². The van der Waals surface area contributed by atoms with Crippen LogP contribution in [0, 0.1) is 5.92 Å². The Hall–Kier alpha value is -2.29. The van der Waals surface area contributed by atoms with Gasteiger partial charge in [0.15, 0.2) is 5.96 Å². The van der Waals surface area contributed by atoms with Crippen LogP contribution in [0.25, 0.3) is 0 Å². The SMILES string of the molecule is CC1CN(C(C)C)CC1NC(=NCc1cccc(C(F)(F)F)c1)NCC(=O)N(C)C. The molecule has 0 bridgehead atoms. The second-order valence-electron chi connectivity index (χ2n) is 8.28. The van der Waals surface area contributed by atoms with E-state index in [9.17, 15) is 18.0 Å². The fourth-order valence-electron chi connectivity index (χ4n) is 3.28. The highest BCUT2D eigenvalue weighted by Crippen LogP contribution is 2.29. The predicted octanol–water partition coefficient (Wildman–Crippen LogP) is 2.56. The van der Waals surface area contributed by atoms with Crippen molar-refractivity contribution in [3.63, 3.8) is 0 Å². The molecule has 0 spiro atoms. The number of hydrogen-bond acceptors (Lipinski definition) is 3. The van der Waals surface area contributed by atoms with Gasteiger partial charge in [-0.25, -0.2) is 4.99 Å². The zero-order valence-corrected chi connectivity index (χ0v) is 18.3. The van der Waals surface area contributed by atoms with Crippen LogP contribution in [-0.4, -0.2) is 67.5 Å². The lowest BCUT2D eigenvalue weighted by atomic mass is 10.1. The number of likely N-dealkylation sites (N-methyl/N-ethyl adjacent to an activating group) is 1. The summed E-state index contributed by atoms with van der Waals surface area (Å²) in [6, 6.07) is 5.69. The summed E-state index contributed by atoms with van der Waals surface area (Å²) in [6.45, 7) is 8.35. The van der Waals surface area contributed by atoms with E-state index in [4.69, 9.17) is 0 Å². The normalized spacial score (nSPS) is 20.5. The summed E-state index contributed by atoms with van der Waals surface area (Å²) in [6.07, 6.45) is -4.39. The van der Waals surface area contributed by atoms with E-state index in [2.05, 4.69) is 41.3 Å². The molecule has 0 radical (unpaired) electrons. The summed E-state index contributed by atoms with van der Waals surface area (Å²) in [5.74, 6) is 0.675. The molecule has 2 unspecified atom stereocenters. The molecule has 0 aliphatic carbocycles. The van der Waals surface area contributed by atoms with Gasteiger partial charge in [-0.2, -0.15) is 13.2 Å². The van der Waals surface area contributed by atoms with Crippen LogP contribution in [0.2, 0.25) is 0 Å². The van der Waals surface area contributed by atoms with Gasteiger partial charge in [0.25, 0.3) is 0 Å². The number of amides is 1. The maximum Gasteiger partial charge on any atom is 0.416 e. The van der Waals surface area contributed by atoms with E-state index < -0.39 is 11.7 Å². The van der Waals surface area contributed by atoms with Crippen molar-refractivity contribution in [2.75, 3.05) is 33.7 Å². The second kappa shape index (κ2) is 10.1. The molecule has 1 saturated heterocycles. The summed E-state index contributed by atoms with van der Waals surface area (Å²) in [5.41, 5.74) is -0.245. The Morgan fingerprint density at radius 1 is 1.30 bits per heavy atom. The van der Waals surface area contributed by atoms with Crippen LogP contribution in [0.1, 0.15) is 31.9 Å². The Morgan fingerprint density at radius 3 is 2.57 bits per heavy atom. The standard InChI is InChI=1S/C21H32F3N5O/c1-14(2)29-12-15(3)18(13-29)27-20(26-11-19(30)28(4)5)25-10-16-7-6-8-17(9-16)21(22,23)24/h6-9,14-15,18H,10-13H2,1-5H3,(H2,25,26,27). The number of nitrogens with one attached hydrogen (secondary N) is 2. The van der Waals surface area contributed by atoms with E-state index in [1.807, 2.05) is 0 Å². The fourth-order valence-corrected chi connectivity index (χ4v) is 3.28. The van der Waals surface area contributed by atoms with Crippen LogP contribution in [-0.2, 0) is 17.5 Å². The summed E-state index contributed by atoms with van der Waals surface area (Å²) >= 11 is 0. The number of likely N-dealkylation sites (tertiary alicyclic amines) is 1. The van der Waals surface area contributed by atoms with Gasteiger partial charge in [-0.15, -0.1) is 0 Å². The molecule has 6 nitrogen and oxygen atoms in total. The lowest BCUT2D eigenvalue weighted by molar-refractivity contribution is -0.137. The molecule has 1 amide bonds. The highest BCUT2D eigenvalue weighted by atomic mass is 19.4.